The molecule has 0 saturated heterocycles. The Morgan fingerprint density at radius 3 is 2.70 bits per heavy atom. The minimum Gasteiger partial charge on any atom is -0.454 e. The molecule has 0 unspecified atom stereocenters. The van der Waals surface area contributed by atoms with Gasteiger partial charge in [0.15, 0.2) is 11.5 Å². The lowest BCUT2D eigenvalue weighted by atomic mass is 10.2. The summed E-state index contributed by atoms with van der Waals surface area (Å²) in [5.41, 5.74) is 5.87. The van der Waals surface area contributed by atoms with Gasteiger partial charge < -0.3 is 19.9 Å². The van der Waals surface area contributed by atoms with Crippen LogP contribution in [0.25, 0.3) is 0 Å². The van der Waals surface area contributed by atoms with Crippen molar-refractivity contribution >= 4 is 27.7 Å². The lowest BCUT2D eigenvalue weighted by Gasteiger charge is -2.11. The Labute approximate surface area is 115 Å². The van der Waals surface area contributed by atoms with Gasteiger partial charge in [0, 0.05) is 12.1 Å². The first-order valence-corrected chi connectivity index (χ1v) is 7.06. The Balaban J connectivity index is 2.15. The summed E-state index contributed by atoms with van der Waals surface area (Å²) in [6.07, 6.45) is -1.08. The van der Waals surface area contributed by atoms with E-state index in [0.29, 0.717) is 11.5 Å². The number of amides is 1. The zero-order valence-electron chi connectivity index (χ0n) is 10.5. The third-order valence-corrected chi connectivity index (χ3v) is 3.21. The van der Waals surface area contributed by atoms with Crippen LogP contribution in [-0.4, -0.2) is 27.9 Å². The second-order valence-corrected chi connectivity index (χ2v) is 5.14. The SMILES string of the molecule is CCOC(=O)NS(=O)(=O)Nc1cc2c(cc1N)OCO2. The number of nitrogens with one attached hydrogen (secondary N) is 2. The molecule has 0 spiro atoms. The predicted octanol–water partition coefficient (Wildman–Crippen LogP) is 0.400. The third-order valence-electron chi connectivity index (χ3n) is 2.28. The lowest BCUT2D eigenvalue weighted by Crippen LogP contribution is -2.35. The van der Waals surface area contributed by atoms with Gasteiger partial charge in [0.05, 0.1) is 18.0 Å². The molecule has 2 rings (SSSR count). The smallest absolute Gasteiger partial charge is 0.422 e. The normalized spacial score (nSPS) is 12.8. The van der Waals surface area contributed by atoms with Gasteiger partial charge in [-0.2, -0.15) is 8.42 Å². The second-order valence-electron chi connectivity index (χ2n) is 3.72. The van der Waals surface area contributed by atoms with Gasteiger partial charge in [-0.3, -0.25) is 4.72 Å². The van der Waals surface area contributed by atoms with Crippen LogP contribution in [0.3, 0.4) is 0 Å². The van der Waals surface area contributed by atoms with E-state index in [0.717, 1.165) is 0 Å². The van der Waals surface area contributed by atoms with E-state index in [9.17, 15) is 13.2 Å². The molecule has 0 aliphatic carbocycles. The molecule has 1 aromatic carbocycles. The number of ether oxygens (including phenoxy) is 3. The molecule has 1 heterocycles. The molecule has 1 aliphatic heterocycles. The van der Waals surface area contributed by atoms with Crippen LogP contribution in [0.5, 0.6) is 11.5 Å². The summed E-state index contributed by atoms with van der Waals surface area (Å²) in [5.74, 6) is 0.775. The van der Waals surface area contributed by atoms with Crippen molar-refractivity contribution in [3.8, 4) is 11.5 Å². The Bertz CT molecular complexity index is 630. The van der Waals surface area contributed by atoms with E-state index in [1.807, 2.05) is 0 Å². The van der Waals surface area contributed by atoms with Gasteiger partial charge in [0.25, 0.3) is 0 Å². The fourth-order valence-corrected chi connectivity index (χ4v) is 2.28. The first-order chi connectivity index (χ1) is 9.41. The quantitative estimate of drug-likeness (QED) is 0.686. The van der Waals surface area contributed by atoms with Crippen LogP contribution >= 0.6 is 0 Å². The number of rotatable bonds is 4. The summed E-state index contributed by atoms with van der Waals surface area (Å²) < 4.78 is 41.8. The highest BCUT2D eigenvalue weighted by atomic mass is 32.2. The van der Waals surface area contributed by atoms with Gasteiger partial charge >= 0.3 is 16.3 Å². The van der Waals surface area contributed by atoms with Crippen LogP contribution in [-0.2, 0) is 14.9 Å². The average Bonchev–Trinajstić information content (AvgIpc) is 2.75. The fourth-order valence-electron chi connectivity index (χ4n) is 1.49. The Morgan fingerprint density at radius 2 is 2.05 bits per heavy atom. The summed E-state index contributed by atoms with van der Waals surface area (Å²) >= 11 is 0. The van der Waals surface area contributed by atoms with Gasteiger partial charge in [-0.25, -0.2) is 9.52 Å². The van der Waals surface area contributed by atoms with Crippen LogP contribution in [0.2, 0.25) is 0 Å². The van der Waals surface area contributed by atoms with Gasteiger partial charge in [-0.15, -0.1) is 0 Å². The highest BCUT2D eigenvalue weighted by Crippen LogP contribution is 2.38. The van der Waals surface area contributed by atoms with Crippen LogP contribution in [0.15, 0.2) is 12.1 Å². The number of carbonyl (C=O) groups excluding carboxylic acids is 1. The Hall–Kier alpha value is -2.36. The number of carbonyl (C=O) groups is 1. The number of fused-ring (bicyclic) bond motifs is 1. The zero-order valence-corrected chi connectivity index (χ0v) is 11.3. The summed E-state index contributed by atoms with van der Waals surface area (Å²) in [4.78, 5) is 11.1. The van der Waals surface area contributed by atoms with Crippen LogP contribution in [0, 0.1) is 0 Å². The number of nitrogen functional groups attached to an aromatic ring is 1. The minimum absolute atomic E-state index is 0.0338. The van der Waals surface area contributed by atoms with Crippen LogP contribution in [0.1, 0.15) is 6.92 Å². The number of hydrogen-bond donors (Lipinski definition) is 3. The van der Waals surface area contributed by atoms with Gasteiger partial charge in [0.1, 0.15) is 0 Å². The molecule has 1 aromatic rings. The zero-order chi connectivity index (χ0) is 14.8. The fraction of sp³-hybridized carbons (Fsp3) is 0.300. The van der Waals surface area contributed by atoms with Gasteiger partial charge in [-0.1, -0.05) is 0 Å². The van der Waals surface area contributed by atoms with Crippen molar-refractivity contribution in [3.05, 3.63) is 12.1 Å². The van der Waals surface area contributed by atoms with Gasteiger partial charge in [-0.05, 0) is 6.92 Å². The van der Waals surface area contributed by atoms with E-state index in [1.165, 1.54) is 12.1 Å². The molecular formula is C10H13N3O6S. The van der Waals surface area contributed by atoms with E-state index in [1.54, 1.807) is 11.6 Å². The first kappa shape index (κ1) is 14.1. The van der Waals surface area contributed by atoms with Crippen LogP contribution in [0.4, 0.5) is 16.2 Å². The molecule has 0 saturated carbocycles. The van der Waals surface area contributed by atoms with Crippen molar-refractivity contribution in [2.24, 2.45) is 0 Å². The van der Waals surface area contributed by atoms with Crippen LogP contribution < -0.4 is 24.7 Å². The molecule has 0 atom stereocenters. The van der Waals surface area contributed by atoms with Crippen molar-refractivity contribution in [2.75, 3.05) is 23.9 Å². The molecule has 1 aliphatic rings. The van der Waals surface area contributed by atoms with Crippen molar-refractivity contribution in [2.45, 2.75) is 6.92 Å². The molecule has 20 heavy (non-hydrogen) atoms. The van der Waals surface area contributed by atoms with Crippen molar-refractivity contribution < 1.29 is 27.4 Å². The molecule has 0 aromatic heterocycles. The number of benzene rings is 1. The minimum atomic E-state index is -4.15. The molecule has 9 nitrogen and oxygen atoms in total. The molecule has 10 heteroatoms. The van der Waals surface area contributed by atoms with E-state index in [-0.39, 0.29) is 24.8 Å². The maximum absolute atomic E-state index is 11.7. The van der Waals surface area contributed by atoms with E-state index < -0.39 is 16.3 Å². The molecule has 0 radical (unpaired) electrons. The maximum atomic E-state index is 11.7. The monoisotopic (exact) mass is 303 g/mol. The summed E-state index contributed by atoms with van der Waals surface area (Å²) in [5, 5.41) is 0. The number of hydrogen-bond acceptors (Lipinski definition) is 7. The van der Waals surface area contributed by atoms with Crippen molar-refractivity contribution in [1.29, 1.82) is 0 Å². The molecule has 0 bridgehead atoms. The third kappa shape index (κ3) is 3.15. The summed E-state index contributed by atoms with van der Waals surface area (Å²) in [6, 6.07) is 2.78. The maximum Gasteiger partial charge on any atom is 0.422 e. The predicted molar refractivity (Wildman–Crippen MR) is 69.7 cm³/mol. The van der Waals surface area contributed by atoms with Crippen molar-refractivity contribution in [3.63, 3.8) is 0 Å². The summed E-state index contributed by atoms with van der Waals surface area (Å²) in [7, 11) is -4.15. The number of nitrogens with two attached hydrogens (primary N) is 1. The molecule has 1 amide bonds. The van der Waals surface area contributed by atoms with E-state index >= 15 is 0 Å². The largest absolute Gasteiger partial charge is 0.454 e. The first-order valence-electron chi connectivity index (χ1n) is 5.57. The topological polar surface area (TPSA) is 129 Å². The average molecular weight is 303 g/mol. The summed E-state index contributed by atoms with van der Waals surface area (Å²) in [6.45, 7) is 1.63. The number of anilines is 2. The molecule has 4 N–H and O–H groups in total. The highest BCUT2D eigenvalue weighted by molar-refractivity contribution is 7.91. The Morgan fingerprint density at radius 1 is 1.40 bits per heavy atom. The molecular weight excluding hydrogens is 290 g/mol. The second kappa shape index (κ2) is 5.33. The van der Waals surface area contributed by atoms with E-state index in [4.69, 9.17) is 15.2 Å². The van der Waals surface area contributed by atoms with E-state index in [2.05, 4.69) is 9.46 Å². The highest BCUT2D eigenvalue weighted by Gasteiger charge is 2.20. The standard InChI is InChI=1S/C10H13N3O6S/c1-2-17-10(14)13-20(15,16)12-7-4-9-8(3-6(7)11)18-5-19-9/h3-4,12H,2,5,11H2,1H3,(H,13,14). The molecule has 110 valence electrons. The lowest BCUT2D eigenvalue weighted by molar-refractivity contribution is 0.158. The van der Waals surface area contributed by atoms with Crippen molar-refractivity contribution in [1.82, 2.24) is 4.72 Å². The van der Waals surface area contributed by atoms with Gasteiger partial charge in [0.2, 0.25) is 6.79 Å². The Kier molecular flexibility index (Phi) is 3.74. The molecule has 0 fully saturated rings.